The molecule has 5 rings (SSSR count). The fourth-order valence-corrected chi connectivity index (χ4v) is 4.12. The van der Waals surface area contributed by atoms with Crippen LogP contribution < -0.4 is 10.2 Å². The van der Waals surface area contributed by atoms with Gasteiger partial charge in [0.25, 0.3) is 11.8 Å². The van der Waals surface area contributed by atoms with Crippen molar-refractivity contribution in [2.24, 2.45) is 0 Å². The maximum absolute atomic E-state index is 13.3. The molecule has 0 fully saturated rings. The highest BCUT2D eigenvalue weighted by Gasteiger charge is 2.37. The number of carbonyl (C=O) groups is 2. The van der Waals surface area contributed by atoms with E-state index in [4.69, 9.17) is 0 Å². The van der Waals surface area contributed by atoms with Gasteiger partial charge in [0.15, 0.2) is 5.82 Å². The van der Waals surface area contributed by atoms with Crippen molar-refractivity contribution in [2.75, 3.05) is 11.4 Å². The number of nitrogens with one attached hydrogen (secondary N) is 1. The molecule has 0 aliphatic carbocycles. The summed E-state index contributed by atoms with van der Waals surface area (Å²) in [5.74, 6) is -0.121. The van der Waals surface area contributed by atoms with Crippen molar-refractivity contribution in [2.45, 2.75) is 39.3 Å². The zero-order valence-corrected chi connectivity index (χ0v) is 20.3. The number of rotatable bonds is 6. The van der Waals surface area contributed by atoms with Crippen LogP contribution in [-0.4, -0.2) is 48.1 Å². The van der Waals surface area contributed by atoms with E-state index in [-0.39, 0.29) is 30.3 Å². The number of hydrogen-bond donors (Lipinski definition) is 1. The first-order chi connectivity index (χ1) is 17.4. The van der Waals surface area contributed by atoms with E-state index in [9.17, 15) is 9.59 Å². The summed E-state index contributed by atoms with van der Waals surface area (Å²) in [5.41, 5.74) is 3.86. The molecular weight excluding hydrogens is 456 g/mol. The molecule has 1 aliphatic heterocycles. The summed E-state index contributed by atoms with van der Waals surface area (Å²) in [4.78, 5) is 45.2. The van der Waals surface area contributed by atoms with Gasteiger partial charge in [-0.1, -0.05) is 6.07 Å². The number of nitrogens with zero attached hydrogens (tertiary/aromatic N) is 7. The highest BCUT2D eigenvalue weighted by molar-refractivity contribution is 6.07. The van der Waals surface area contributed by atoms with E-state index in [2.05, 4.69) is 30.4 Å². The van der Waals surface area contributed by atoms with E-state index in [0.29, 0.717) is 29.3 Å². The van der Waals surface area contributed by atoms with Gasteiger partial charge in [0.1, 0.15) is 12.0 Å². The van der Waals surface area contributed by atoms with Gasteiger partial charge < -0.3 is 10.2 Å². The van der Waals surface area contributed by atoms with Crippen LogP contribution in [0.25, 0.3) is 0 Å². The standard InChI is InChI=1S/C26H26N8O2/c1-16(2)34-15-31-24(32-34)21-14-33(26(36)22-6-4-5-9-27-22)23-8-7-18(10-20(21)23)25(35)30-13-19-12-28-17(3)11-29-19/h4-12,15-16,21H,13-14H2,1-3H3,(H,30,35). The molecule has 0 radical (unpaired) electrons. The molecule has 1 N–H and O–H groups in total. The predicted molar refractivity (Wildman–Crippen MR) is 133 cm³/mol. The average molecular weight is 483 g/mol. The lowest BCUT2D eigenvalue weighted by molar-refractivity contribution is 0.0949. The fourth-order valence-electron chi connectivity index (χ4n) is 4.12. The Labute approximate surface area is 208 Å². The van der Waals surface area contributed by atoms with E-state index in [1.807, 2.05) is 26.8 Å². The number of pyridine rings is 1. The van der Waals surface area contributed by atoms with E-state index in [1.165, 1.54) is 0 Å². The maximum atomic E-state index is 13.3. The summed E-state index contributed by atoms with van der Waals surface area (Å²) in [6, 6.07) is 10.7. The molecule has 2 amide bonds. The molecule has 3 aromatic heterocycles. The highest BCUT2D eigenvalue weighted by atomic mass is 16.2. The lowest BCUT2D eigenvalue weighted by Crippen LogP contribution is -2.30. The lowest BCUT2D eigenvalue weighted by atomic mass is 9.98. The largest absolute Gasteiger partial charge is 0.346 e. The first-order valence-electron chi connectivity index (χ1n) is 11.7. The number of aryl methyl sites for hydroxylation is 1. The first-order valence-corrected chi connectivity index (χ1v) is 11.7. The molecule has 182 valence electrons. The minimum Gasteiger partial charge on any atom is -0.346 e. The summed E-state index contributed by atoms with van der Waals surface area (Å²) in [5, 5.41) is 7.54. The number of hydrogen-bond acceptors (Lipinski definition) is 7. The minimum absolute atomic E-state index is 0.153. The van der Waals surface area contributed by atoms with Gasteiger partial charge in [-0.05, 0) is 56.7 Å². The number of fused-ring (bicyclic) bond motifs is 1. The van der Waals surface area contributed by atoms with Crippen molar-refractivity contribution in [1.29, 1.82) is 0 Å². The van der Waals surface area contributed by atoms with Crippen LogP contribution in [0.1, 0.15) is 69.4 Å². The Morgan fingerprint density at radius 3 is 2.64 bits per heavy atom. The van der Waals surface area contributed by atoms with E-state index < -0.39 is 0 Å². The van der Waals surface area contributed by atoms with Crippen molar-refractivity contribution in [1.82, 2.24) is 35.0 Å². The Hall–Kier alpha value is -4.47. The highest BCUT2D eigenvalue weighted by Crippen LogP contribution is 2.40. The zero-order chi connectivity index (χ0) is 25.2. The normalized spacial score (nSPS) is 14.7. The molecule has 4 aromatic rings. The first kappa shape index (κ1) is 23.3. The lowest BCUT2D eigenvalue weighted by Gasteiger charge is -2.17. The molecular formula is C26H26N8O2. The average Bonchev–Trinajstić information content (AvgIpc) is 3.53. The smallest absolute Gasteiger partial charge is 0.276 e. The second-order valence-electron chi connectivity index (χ2n) is 8.97. The summed E-state index contributed by atoms with van der Waals surface area (Å²) < 4.78 is 1.79. The fraction of sp³-hybridized carbons (Fsp3) is 0.269. The Bertz CT molecular complexity index is 1400. The van der Waals surface area contributed by atoms with Crippen molar-refractivity contribution in [3.63, 3.8) is 0 Å². The van der Waals surface area contributed by atoms with Crippen molar-refractivity contribution in [3.8, 4) is 0 Å². The monoisotopic (exact) mass is 482 g/mol. The van der Waals surface area contributed by atoms with Crippen molar-refractivity contribution >= 4 is 17.5 Å². The maximum Gasteiger partial charge on any atom is 0.276 e. The zero-order valence-electron chi connectivity index (χ0n) is 20.3. The quantitative estimate of drug-likeness (QED) is 0.449. The summed E-state index contributed by atoms with van der Waals surface area (Å²) >= 11 is 0. The third-order valence-electron chi connectivity index (χ3n) is 6.08. The predicted octanol–water partition coefficient (Wildman–Crippen LogP) is 3.07. The van der Waals surface area contributed by atoms with Gasteiger partial charge in [-0.25, -0.2) is 4.98 Å². The molecule has 36 heavy (non-hydrogen) atoms. The number of benzene rings is 1. The Balaban J connectivity index is 1.45. The summed E-state index contributed by atoms with van der Waals surface area (Å²) in [6.45, 7) is 6.53. The van der Waals surface area contributed by atoms with Crippen molar-refractivity contribution < 1.29 is 9.59 Å². The molecule has 4 heterocycles. The summed E-state index contributed by atoms with van der Waals surface area (Å²) in [7, 11) is 0. The number of aromatic nitrogens is 6. The van der Waals surface area contributed by atoms with Gasteiger partial charge in [-0.15, -0.1) is 0 Å². The van der Waals surface area contributed by atoms with Crippen LogP contribution in [0, 0.1) is 6.92 Å². The van der Waals surface area contributed by atoms with Gasteiger partial charge in [-0.3, -0.25) is 29.2 Å². The molecule has 0 saturated carbocycles. The molecule has 1 aliphatic rings. The van der Waals surface area contributed by atoms with Crippen LogP contribution in [0.15, 0.2) is 61.3 Å². The molecule has 10 heteroatoms. The van der Waals surface area contributed by atoms with Crippen LogP contribution in [0.4, 0.5) is 5.69 Å². The molecule has 0 saturated heterocycles. The van der Waals surface area contributed by atoms with Gasteiger partial charge in [-0.2, -0.15) is 5.10 Å². The van der Waals surface area contributed by atoms with Crippen molar-refractivity contribution in [3.05, 3.63) is 95.3 Å². The molecule has 10 nitrogen and oxygen atoms in total. The molecule has 0 bridgehead atoms. The Morgan fingerprint density at radius 1 is 1.08 bits per heavy atom. The third kappa shape index (κ3) is 4.57. The SMILES string of the molecule is Cc1cnc(CNC(=O)c2ccc3c(c2)C(c2ncn(C(C)C)n2)CN3C(=O)c2ccccn2)cn1. The molecule has 1 atom stereocenters. The number of carbonyl (C=O) groups excluding carboxylic acids is 2. The van der Waals surface area contributed by atoms with Gasteiger partial charge in [0.2, 0.25) is 0 Å². The molecule has 0 spiro atoms. The minimum atomic E-state index is -0.275. The second kappa shape index (κ2) is 9.65. The van der Waals surface area contributed by atoms with Crippen LogP contribution in [0.5, 0.6) is 0 Å². The van der Waals surface area contributed by atoms with E-state index >= 15 is 0 Å². The second-order valence-corrected chi connectivity index (χ2v) is 8.97. The Kier molecular flexibility index (Phi) is 6.24. The Morgan fingerprint density at radius 2 is 1.94 bits per heavy atom. The molecule has 1 aromatic carbocycles. The number of anilines is 1. The third-order valence-corrected chi connectivity index (χ3v) is 6.08. The number of amides is 2. The van der Waals surface area contributed by atoms with Crippen LogP contribution in [0.3, 0.4) is 0 Å². The van der Waals surface area contributed by atoms with Crippen LogP contribution >= 0.6 is 0 Å². The molecule has 1 unspecified atom stereocenters. The van der Waals surface area contributed by atoms with Gasteiger partial charge in [0.05, 0.1) is 30.0 Å². The van der Waals surface area contributed by atoms with E-state index in [1.54, 1.807) is 64.8 Å². The van der Waals surface area contributed by atoms with E-state index in [0.717, 1.165) is 16.9 Å². The van der Waals surface area contributed by atoms with Crippen LogP contribution in [-0.2, 0) is 6.54 Å². The topological polar surface area (TPSA) is 119 Å². The summed E-state index contributed by atoms with van der Waals surface area (Å²) in [6.07, 6.45) is 6.60. The van der Waals surface area contributed by atoms with Gasteiger partial charge >= 0.3 is 0 Å². The van der Waals surface area contributed by atoms with Crippen LogP contribution in [0.2, 0.25) is 0 Å². The van der Waals surface area contributed by atoms with Gasteiger partial charge in [0, 0.05) is 36.2 Å².